The van der Waals surface area contributed by atoms with E-state index in [4.69, 9.17) is 15.7 Å². The lowest BCUT2D eigenvalue weighted by atomic mass is 10.1. The summed E-state index contributed by atoms with van der Waals surface area (Å²) in [4.78, 5) is 0. The third-order valence-corrected chi connectivity index (χ3v) is 2.85. The fourth-order valence-electron chi connectivity index (χ4n) is 1.88. The van der Waals surface area contributed by atoms with Gasteiger partial charge in [-0.3, -0.25) is 0 Å². The van der Waals surface area contributed by atoms with Crippen molar-refractivity contribution in [2.24, 2.45) is 5.73 Å². The Morgan fingerprint density at radius 3 is 2.50 bits per heavy atom. The average molecular weight is 270 g/mol. The van der Waals surface area contributed by atoms with Crippen LogP contribution in [0.4, 0.5) is 4.39 Å². The molecule has 0 fully saturated rings. The minimum absolute atomic E-state index is 0.225. The maximum absolute atomic E-state index is 13.3. The van der Waals surface area contributed by atoms with Gasteiger partial charge in [-0.05, 0) is 54.4 Å². The van der Waals surface area contributed by atoms with E-state index in [1.165, 1.54) is 12.1 Å². The summed E-state index contributed by atoms with van der Waals surface area (Å²) in [6.07, 6.45) is 0.829. The minimum Gasteiger partial charge on any atom is -0.489 e. The van der Waals surface area contributed by atoms with Crippen molar-refractivity contribution in [2.75, 3.05) is 6.54 Å². The molecule has 2 N–H and O–H groups in total. The SMILES string of the molecule is N#Cc1cc(F)cc(COc2ccc(CCN)cc2)c1. The van der Waals surface area contributed by atoms with Crippen LogP contribution in [0, 0.1) is 17.1 Å². The van der Waals surface area contributed by atoms with Crippen molar-refractivity contribution < 1.29 is 9.13 Å². The van der Waals surface area contributed by atoms with Crippen molar-refractivity contribution in [3.8, 4) is 11.8 Å². The van der Waals surface area contributed by atoms with Crippen LogP contribution in [0.5, 0.6) is 5.75 Å². The fourth-order valence-corrected chi connectivity index (χ4v) is 1.88. The molecule has 2 aromatic carbocycles. The van der Waals surface area contributed by atoms with Crippen molar-refractivity contribution in [3.05, 3.63) is 65.0 Å². The van der Waals surface area contributed by atoms with Gasteiger partial charge in [0.25, 0.3) is 0 Å². The molecule has 4 heteroatoms. The van der Waals surface area contributed by atoms with E-state index in [0.717, 1.165) is 12.0 Å². The molecule has 0 aliphatic carbocycles. The van der Waals surface area contributed by atoms with E-state index in [9.17, 15) is 4.39 Å². The molecule has 0 unspecified atom stereocenters. The van der Waals surface area contributed by atoms with E-state index in [0.29, 0.717) is 23.4 Å². The highest BCUT2D eigenvalue weighted by molar-refractivity contribution is 5.34. The third-order valence-electron chi connectivity index (χ3n) is 2.85. The van der Waals surface area contributed by atoms with Crippen LogP contribution in [-0.2, 0) is 13.0 Å². The second-order valence-electron chi connectivity index (χ2n) is 4.43. The van der Waals surface area contributed by atoms with Crippen LogP contribution in [0.25, 0.3) is 0 Å². The lowest BCUT2D eigenvalue weighted by Crippen LogP contribution is -2.02. The quantitative estimate of drug-likeness (QED) is 0.908. The van der Waals surface area contributed by atoms with Crippen LogP contribution < -0.4 is 10.5 Å². The summed E-state index contributed by atoms with van der Waals surface area (Å²) in [6, 6.07) is 13.7. The van der Waals surface area contributed by atoms with Crippen molar-refractivity contribution in [2.45, 2.75) is 13.0 Å². The Hall–Kier alpha value is -2.38. The van der Waals surface area contributed by atoms with Crippen molar-refractivity contribution in [1.29, 1.82) is 5.26 Å². The van der Waals surface area contributed by atoms with Gasteiger partial charge < -0.3 is 10.5 Å². The predicted octanol–water partition coefficient (Wildman–Crippen LogP) is 2.78. The van der Waals surface area contributed by atoms with Crippen LogP contribution in [0.1, 0.15) is 16.7 Å². The molecule has 20 heavy (non-hydrogen) atoms. The highest BCUT2D eigenvalue weighted by atomic mass is 19.1. The standard InChI is InChI=1S/C16H15FN2O/c17-15-8-13(10-19)7-14(9-15)11-20-16-3-1-12(2-4-16)5-6-18/h1-4,7-9H,5-6,11,18H2. The predicted molar refractivity (Wildman–Crippen MR) is 74.6 cm³/mol. The first-order valence-electron chi connectivity index (χ1n) is 6.32. The largest absolute Gasteiger partial charge is 0.489 e. The lowest BCUT2D eigenvalue weighted by Gasteiger charge is -2.07. The zero-order chi connectivity index (χ0) is 14.4. The number of nitrogens with zero attached hydrogens (tertiary/aromatic N) is 1. The second-order valence-corrected chi connectivity index (χ2v) is 4.43. The molecule has 0 saturated heterocycles. The zero-order valence-corrected chi connectivity index (χ0v) is 11.0. The molecule has 3 nitrogen and oxygen atoms in total. The maximum atomic E-state index is 13.3. The second kappa shape index (κ2) is 6.69. The van der Waals surface area contributed by atoms with Gasteiger partial charge in [-0.15, -0.1) is 0 Å². The Balaban J connectivity index is 2.01. The topological polar surface area (TPSA) is 59.0 Å². The van der Waals surface area contributed by atoms with E-state index in [2.05, 4.69) is 0 Å². The Kier molecular flexibility index (Phi) is 4.70. The van der Waals surface area contributed by atoms with Gasteiger partial charge in [0.2, 0.25) is 0 Å². The van der Waals surface area contributed by atoms with Crippen molar-refractivity contribution in [1.82, 2.24) is 0 Å². The smallest absolute Gasteiger partial charge is 0.124 e. The average Bonchev–Trinajstić information content (AvgIpc) is 2.46. The van der Waals surface area contributed by atoms with Crippen LogP contribution >= 0.6 is 0 Å². The highest BCUT2D eigenvalue weighted by Crippen LogP contribution is 2.16. The van der Waals surface area contributed by atoms with Gasteiger partial charge in [0.1, 0.15) is 18.2 Å². The number of ether oxygens (including phenoxy) is 1. The maximum Gasteiger partial charge on any atom is 0.124 e. The molecule has 0 atom stereocenters. The van der Waals surface area contributed by atoms with Gasteiger partial charge in [0, 0.05) is 0 Å². The van der Waals surface area contributed by atoms with Crippen molar-refractivity contribution in [3.63, 3.8) is 0 Å². The summed E-state index contributed by atoms with van der Waals surface area (Å²) in [5, 5.41) is 8.79. The third kappa shape index (κ3) is 3.81. The normalized spacial score (nSPS) is 10.1. The molecular weight excluding hydrogens is 255 g/mol. The molecule has 0 aromatic heterocycles. The monoisotopic (exact) mass is 270 g/mol. The number of nitrogens with two attached hydrogens (primary N) is 1. The van der Waals surface area contributed by atoms with E-state index >= 15 is 0 Å². The molecule has 0 aliphatic rings. The fraction of sp³-hybridized carbons (Fsp3) is 0.188. The van der Waals surface area contributed by atoms with Gasteiger partial charge in [0.05, 0.1) is 11.6 Å². The Bertz CT molecular complexity index is 617. The number of nitriles is 1. The van der Waals surface area contributed by atoms with E-state index in [1.54, 1.807) is 6.07 Å². The van der Waals surface area contributed by atoms with E-state index in [1.807, 2.05) is 30.3 Å². The van der Waals surface area contributed by atoms with Crippen LogP contribution in [0.2, 0.25) is 0 Å². The molecule has 0 amide bonds. The summed E-state index contributed by atoms with van der Waals surface area (Å²) in [7, 11) is 0. The molecule has 0 heterocycles. The Morgan fingerprint density at radius 1 is 1.10 bits per heavy atom. The van der Waals surface area contributed by atoms with Crippen LogP contribution in [-0.4, -0.2) is 6.54 Å². The van der Waals surface area contributed by atoms with Crippen molar-refractivity contribution >= 4 is 0 Å². The molecule has 0 bridgehead atoms. The summed E-state index contributed by atoms with van der Waals surface area (Å²) in [5.74, 6) is 0.273. The molecule has 0 spiro atoms. The van der Waals surface area contributed by atoms with E-state index < -0.39 is 5.82 Å². The number of hydrogen-bond donors (Lipinski definition) is 1. The zero-order valence-electron chi connectivity index (χ0n) is 11.0. The van der Waals surface area contributed by atoms with Gasteiger partial charge in [-0.2, -0.15) is 5.26 Å². The number of halogens is 1. The van der Waals surface area contributed by atoms with Gasteiger partial charge >= 0.3 is 0 Å². The first-order valence-corrected chi connectivity index (χ1v) is 6.32. The molecule has 102 valence electrons. The van der Waals surface area contributed by atoms with E-state index in [-0.39, 0.29) is 6.61 Å². The first-order chi connectivity index (χ1) is 9.71. The van der Waals surface area contributed by atoms with Crippen LogP contribution in [0.3, 0.4) is 0 Å². The van der Waals surface area contributed by atoms with Gasteiger partial charge in [0.15, 0.2) is 0 Å². The van der Waals surface area contributed by atoms with Gasteiger partial charge in [-0.25, -0.2) is 4.39 Å². The first kappa shape index (κ1) is 14.0. The summed E-state index contributed by atoms with van der Waals surface area (Å²) in [5.41, 5.74) is 7.56. The number of benzene rings is 2. The Labute approximate surface area is 117 Å². The summed E-state index contributed by atoms with van der Waals surface area (Å²) in [6.45, 7) is 0.836. The Morgan fingerprint density at radius 2 is 1.85 bits per heavy atom. The number of rotatable bonds is 5. The molecule has 2 rings (SSSR count). The molecule has 0 saturated carbocycles. The van der Waals surface area contributed by atoms with Crippen LogP contribution in [0.15, 0.2) is 42.5 Å². The number of hydrogen-bond acceptors (Lipinski definition) is 3. The van der Waals surface area contributed by atoms with Gasteiger partial charge in [-0.1, -0.05) is 12.1 Å². The minimum atomic E-state index is -0.430. The molecule has 2 aromatic rings. The molecule has 0 radical (unpaired) electrons. The molecule has 0 aliphatic heterocycles. The highest BCUT2D eigenvalue weighted by Gasteiger charge is 2.02. The molecular formula is C16H15FN2O. The summed E-state index contributed by atoms with van der Waals surface area (Å²) < 4.78 is 18.8. The summed E-state index contributed by atoms with van der Waals surface area (Å²) >= 11 is 0. The lowest BCUT2D eigenvalue weighted by molar-refractivity contribution is 0.305.